The SMILES string of the molecule is CCNC(=NCc1ccc(OC)c(OCC)c1)NCc1ccc(C)cc1OCCOC.I. The lowest BCUT2D eigenvalue weighted by molar-refractivity contribution is 0.145. The van der Waals surface area contributed by atoms with Crippen molar-refractivity contribution in [2.45, 2.75) is 33.9 Å². The van der Waals surface area contributed by atoms with Gasteiger partial charge in [0.15, 0.2) is 17.5 Å². The summed E-state index contributed by atoms with van der Waals surface area (Å²) in [6, 6.07) is 12.1. The number of nitrogens with zero attached hydrogens (tertiary/aromatic N) is 1. The van der Waals surface area contributed by atoms with Crippen LogP contribution in [0.3, 0.4) is 0 Å². The van der Waals surface area contributed by atoms with E-state index < -0.39 is 0 Å². The second kappa shape index (κ2) is 15.6. The third-order valence-electron chi connectivity index (χ3n) is 4.51. The van der Waals surface area contributed by atoms with E-state index in [9.17, 15) is 0 Å². The number of hydrogen-bond donors (Lipinski definition) is 2. The molecule has 0 saturated heterocycles. The first-order chi connectivity index (χ1) is 15.1. The summed E-state index contributed by atoms with van der Waals surface area (Å²) >= 11 is 0. The molecular weight excluding hydrogens is 521 g/mol. The van der Waals surface area contributed by atoms with Crippen molar-refractivity contribution in [3.05, 3.63) is 53.1 Å². The molecule has 0 amide bonds. The largest absolute Gasteiger partial charge is 0.493 e. The van der Waals surface area contributed by atoms with E-state index >= 15 is 0 Å². The van der Waals surface area contributed by atoms with E-state index in [1.165, 1.54) is 0 Å². The van der Waals surface area contributed by atoms with E-state index in [1.807, 2.05) is 38.1 Å². The zero-order valence-corrected chi connectivity index (χ0v) is 22.0. The van der Waals surface area contributed by atoms with Crippen LogP contribution in [0.2, 0.25) is 0 Å². The number of nitrogens with one attached hydrogen (secondary N) is 2. The first-order valence-corrected chi connectivity index (χ1v) is 10.6. The van der Waals surface area contributed by atoms with Crippen LogP contribution in [0, 0.1) is 6.92 Å². The van der Waals surface area contributed by atoms with Crippen molar-refractivity contribution in [3.63, 3.8) is 0 Å². The number of guanidine groups is 1. The Morgan fingerprint density at radius 3 is 2.41 bits per heavy atom. The fourth-order valence-corrected chi connectivity index (χ4v) is 2.96. The van der Waals surface area contributed by atoms with Gasteiger partial charge >= 0.3 is 0 Å². The average molecular weight is 557 g/mol. The number of ether oxygens (including phenoxy) is 4. The van der Waals surface area contributed by atoms with E-state index in [0.717, 1.165) is 46.4 Å². The molecule has 8 heteroatoms. The van der Waals surface area contributed by atoms with Gasteiger partial charge in [-0.05, 0) is 50.1 Å². The standard InChI is InChI=1S/C24H35N3O4.HI/c1-6-25-24(26-16-19-9-11-21(29-5)23(15-19)30-7-2)27-17-20-10-8-18(3)14-22(20)31-13-12-28-4;/h8-11,14-15H,6-7,12-13,16-17H2,1-5H3,(H2,25,26,27);1H. The summed E-state index contributed by atoms with van der Waals surface area (Å²) in [6.07, 6.45) is 0. The molecule has 2 rings (SSSR count). The van der Waals surface area contributed by atoms with Gasteiger partial charge in [0.2, 0.25) is 0 Å². The third kappa shape index (κ3) is 9.12. The van der Waals surface area contributed by atoms with Crippen LogP contribution in [-0.2, 0) is 17.8 Å². The van der Waals surface area contributed by atoms with Crippen molar-refractivity contribution in [1.82, 2.24) is 10.6 Å². The smallest absolute Gasteiger partial charge is 0.191 e. The highest BCUT2D eigenvalue weighted by Crippen LogP contribution is 2.28. The van der Waals surface area contributed by atoms with Crippen LogP contribution in [0.4, 0.5) is 0 Å². The van der Waals surface area contributed by atoms with Crippen LogP contribution in [0.15, 0.2) is 41.4 Å². The second-order valence-corrected chi connectivity index (χ2v) is 6.92. The molecule has 0 atom stereocenters. The zero-order chi connectivity index (χ0) is 22.5. The van der Waals surface area contributed by atoms with Gasteiger partial charge in [-0.15, -0.1) is 24.0 Å². The maximum atomic E-state index is 5.89. The van der Waals surface area contributed by atoms with E-state index in [1.54, 1.807) is 14.2 Å². The molecule has 2 aromatic carbocycles. The number of halogens is 1. The van der Waals surface area contributed by atoms with Gasteiger partial charge in [-0.25, -0.2) is 4.99 Å². The van der Waals surface area contributed by atoms with Gasteiger partial charge in [-0.1, -0.05) is 18.2 Å². The molecule has 0 aliphatic carbocycles. The van der Waals surface area contributed by atoms with E-state index in [2.05, 4.69) is 29.7 Å². The molecule has 32 heavy (non-hydrogen) atoms. The molecule has 0 aromatic heterocycles. The fraction of sp³-hybridized carbons (Fsp3) is 0.458. The van der Waals surface area contributed by atoms with Gasteiger partial charge in [0, 0.05) is 25.8 Å². The zero-order valence-electron chi connectivity index (χ0n) is 19.7. The molecule has 0 saturated carbocycles. The Kier molecular flexibility index (Phi) is 13.5. The maximum absolute atomic E-state index is 5.89. The first-order valence-electron chi connectivity index (χ1n) is 10.6. The van der Waals surface area contributed by atoms with E-state index in [-0.39, 0.29) is 24.0 Å². The Balaban J connectivity index is 0.00000512. The number of methoxy groups -OCH3 is 2. The summed E-state index contributed by atoms with van der Waals surface area (Å²) in [5.41, 5.74) is 3.26. The monoisotopic (exact) mass is 557 g/mol. The number of aryl methyl sites for hydroxylation is 1. The lowest BCUT2D eigenvalue weighted by Gasteiger charge is -2.15. The molecule has 0 aliphatic rings. The minimum Gasteiger partial charge on any atom is -0.493 e. The topological polar surface area (TPSA) is 73.3 Å². The molecule has 178 valence electrons. The second-order valence-electron chi connectivity index (χ2n) is 6.92. The molecular formula is C24H36IN3O4. The molecule has 0 heterocycles. The van der Waals surface area contributed by atoms with Crippen LogP contribution >= 0.6 is 24.0 Å². The van der Waals surface area contributed by atoms with Gasteiger partial charge in [0.25, 0.3) is 0 Å². The van der Waals surface area contributed by atoms with Gasteiger partial charge in [0.1, 0.15) is 12.4 Å². The molecule has 2 N–H and O–H groups in total. The summed E-state index contributed by atoms with van der Waals surface area (Å²) in [5.74, 6) is 3.05. The summed E-state index contributed by atoms with van der Waals surface area (Å²) < 4.78 is 22.0. The normalized spacial score (nSPS) is 10.8. The van der Waals surface area contributed by atoms with E-state index in [0.29, 0.717) is 32.9 Å². The highest BCUT2D eigenvalue weighted by molar-refractivity contribution is 14.0. The van der Waals surface area contributed by atoms with Crippen LogP contribution in [-0.4, -0.2) is 46.5 Å². The predicted molar refractivity (Wildman–Crippen MR) is 140 cm³/mol. The van der Waals surface area contributed by atoms with Gasteiger partial charge in [0.05, 0.1) is 26.9 Å². The Morgan fingerprint density at radius 2 is 1.72 bits per heavy atom. The van der Waals surface area contributed by atoms with Crippen molar-refractivity contribution in [2.75, 3.05) is 40.6 Å². The lowest BCUT2D eigenvalue weighted by atomic mass is 10.1. The Bertz CT molecular complexity index is 846. The average Bonchev–Trinajstić information content (AvgIpc) is 2.77. The van der Waals surface area contributed by atoms with Crippen molar-refractivity contribution in [2.24, 2.45) is 4.99 Å². The quantitative estimate of drug-likeness (QED) is 0.176. The number of benzene rings is 2. The molecule has 0 fully saturated rings. The molecule has 0 bridgehead atoms. The minimum absolute atomic E-state index is 0. The van der Waals surface area contributed by atoms with Crippen LogP contribution in [0.1, 0.15) is 30.5 Å². The molecule has 0 spiro atoms. The summed E-state index contributed by atoms with van der Waals surface area (Å²) in [5, 5.41) is 6.68. The Morgan fingerprint density at radius 1 is 0.906 bits per heavy atom. The van der Waals surface area contributed by atoms with Gasteiger partial charge in [-0.2, -0.15) is 0 Å². The summed E-state index contributed by atoms with van der Waals surface area (Å²) in [7, 11) is 3.31. The first kappa shape index (κ1) is 27.8. The maximum Gasteiger partial charge on any atom is 0.191 e. The van der Waals surface area contributed by atoms with Gasteiger partial charge < -0.3 is 29.6 Å². The lowest BCUT2D eigenvalue weighted by Crippen LogP contribution is -2.36. The summed E-state index contributed by atoms with van der Waals surface area (Å²) in [6.45, 7) is 9.58. The van der Waals surface area contributed by atoms with Gasteiger partial charge in [-0.3, -0.25) is 0 Å². The van der Waals surface area contributed by atoms with Crippen LogP contribution in [0.5, 0.6) is 17.2 Å². The third-order valence-corrected chi connectivity index (χ3v) is 4.51. The van der Waals surface area contributed by atoms with E-state index in [4.69, 9.17) is 23.9 Å². The molecule has 2 aromatic rings. The Hall–Kier alpha value is -2.20. The molecule has 0 radical (unpaired) electrons. The minimum atomic E-state index is 0. The number of hydrogen-bond acceptors (Lipinski definition) is 5. The molecule has 0 aliphatic heterocycles. The van der Waals surface area contributed by atoms with Crippen LogP contribution in [0.25, 0.3) is 0 Å². The van der Waals surface area contributed by atoms with Crippen molar-refractivity contribution < 1.29 is 18.9 Å². The number of aliphatic imine (C=N–C) groups is 1. The van der Waals surface area contributed by atoms with Crippen molar-refractivity contribution >= 4 is 29.9 Å². The van der Waals surface area contributed by atoms with Crippen molar-refractivity contribution in [3.8, 4) is 17.2 Å². The van der Waals surface area contributed by atoms with Crippen LogP contribution < -0.4 is 24.8 Å². The highest BCUT2D eigenvalue weighted by atomic mass is 127. The molecule has 0 unspecified atom stereocenters. The summed E-state index contributed by atoms with van der Waals surface area (Å²) in [4.78, 5) is 4.72. The predicted octanol–water partition coefficient (Wildman–Crippen LogP) is 4.30. The Labute approximate surface area is 208 Å². The number of rotatable bonds is 12. The highest BCUT2D eigenvalue weighted by Gasteiger charge is 2.08. The fourth-order valence-electron chi connectivity index (χ4n) is 2.96. The van der Waals surface area contributed by atoms with Crippen molar-refractivity contribution in [1.29, 1.82) is 0 Å². The molecule has 7 nitrogen and oxygen atoms in total.